The van der Waals surface area contributed by atoms with E-state index in [9.17, 15) is 13.9 Å². The van der Waals surface area contributed by atoms with Crippen LogP contribution in [-0.2, 0) is 14.9 Å². The minimum Gasteiger partial charge on any atom is -0.399 e. The molecule has 1 aromatic rings. The third kappa shape index (κ3) is 3.04. The number of halogens is 2. The van der Waals surface area contributed by atoms with Gasteiger partial charge >= 0.3 is 7.12 Å². The van der Waals surface area contributed by atoms with E-state index < -0.39 is 30.3 Å². The third-order valence-corrected chi connectivity index (χ3v) is 5.19. The molecule has 0 bridgehead atoms. The number of hydrogen-bond acceptors (Lipinski definition) is 3. The number of aryl methyl sites for hydroxylation is 1. The highest BCUT2D eigenvalue weighted by molar-refractivity contribution is 6.62. The van der Waals surface area contributed by atoms with Crippen molar-refractivity contribution in [1.29, 1.82) is 0 Å². The summed E-state index contributed by atoms with van der Waals surface area (Å²) in [5.41, 5.74) is -1.45. The molecule has 1 unspecified atom stereocenters. The molecule has 0 spiro atoms. The number of hydrogen-bond donors (Lipinski definition) is 1. The average Bonchev–Trinajstić information content (AvgIpc) is 2.66. The zero-order valence-corrected chi connectivity index (χ0v) is 14.6. The molecule has 0 aliphatic carbocycles. The Labute approximate surface area is 137 Å². The molecule has 128 valence electrons. The van der Waals surface area contributed by atoms with Gasteiger partial charge in [-0.2, -0.15) is 0 Å². The normalized spacial score (nSPS) is 22.4. The fourth-order valence-corrected chi connectivity index (χ4v) is 2.62. The number of aliphatic hydroxyl groups is 1. The molecule has 1 heterocycles. The SMILES string of the molecule is CCC(O)(c1ccc(C)c(B2OC(C)(C)C(C)(C)O2)c1)C(F)F. The van der Waals surface area contributed by atoms with E-state index >= 15 is 0 Å². The molecule has 0 amide bonds. The van der Waals surface area contributed by atoms with Gasteiger partial charge in [0.15, 0.2) is 0 Å². The molecule has 1 atom stereocenters. The van der Waals surface area contributed by atoms with Crippen LogP contribution in [0.5, 0.6) is 0 Å². The lowest BCUT2D eigenvalue weighted by Gasteiger charge is -2.32. The first-order valence-corrected chi connectivity index (χ1v) is 7.92. The van der Waals surface area contributed by atoms with E-state index in [2.05, 4.69) is 0 Å². The van der Waals surface area contributed by atoms with E-state index in [1.165, 1.54) is 0 Å². The van der Waals surface area contributed by atoms with Gasteiger partial charge in [0.05, 0.1) is 11.2 Å². The summed E-state index contributed by atoms with van der Waals surface area (Å²) >= 11 is 0. The van der Waals surface area contributed by atoms with Crippen LogP contribution < -0.4 is 5.46 Å². The molecule has 23 heavy (non-hydrogen) atoms. The molecule has 0 radical (unpaired) electrons. The van der Waals surface area contributed by atoms with Crippen molar-refractivity contribution in [3.05, 3.63) is 29.3 Å². The Morgan fingerprint density at radius 2 is 1.70 bits per heavy atom. The van der Waals surface area contributed by atoms with Gasteiger partial charge in [-0.25, -0.2) is 8.78 Å². The van der Waals surface area contributed by atoms with Crippen molar-refractivity contribution in [3.63, 3.8) is 0 Å². The maximum atomic E-state index is 13.3. The molecule has 1 aromatic carbocycles. The molecule has 2 rings (SSSR count). The molecular formula is C17H25BF2O3. The maximum Gasteiger partial charge on any atom is 0.495 e. The van der Waals surface area contributed by atoms with Gasteiger partial charge < -0.3 is 14.4 Å². The summed E-state index contributed by atoms with van der Waals surface area (Å²) in [6.07, 6.45) is -2.93. The lowest BCUT2D eigenvalue weighted by atomic mass is 9.74. The van der Waals surface area contributed by atoms with Crippen molar-refractivity contribution in [2.45, 2.75) is 71.2 Å². The fraction of sp³-hybridized carbons (Fsp3) is 0.647. The van der Waals surface area contributed by atoms with Gasteiger partial charge in [0, 0.05) is 0 Å². The van der Waals surface area contributed by atoms with Gasteiger partial charge in [-0.3, -0.25) is 0 Å². The zero-order valence-electron chi connectivity index (χ0n) is 14.6. The predicted octanol–water partition coefficient (Wildman–Crippen LogP) is 3.16. The van der Waals surface area contributed by atoms with Crippen LogP contribution >= 0.6 is 0 Å². The smallest absolute Gasteiger partial charge is 0.399 e. The summed E-state index contributed by atoms with van der Waals surface area (Å²) in [6.45, 7) is 11.2. The lowest BCUT2D eigenvalue weighted by Crippen LogP contribution is -2.41. The molecule has 3 nitrogen and oxygen atoms in total. The standard InChI is InChI=1S/C17H25BF2O3/c1-7-17(21,14(19)20)12-9-8-11(2)13(10-12)18-22-15(3,4)16(5,6)23-18/h8-10,14,21H,7H2,1-6H3. The van der Waals surface area contributed by atoms with Crippen molar-refractivity contribution < 1.29 is 23.2 Å². The summed E-state index contributed by atoms with van der Waals surface area (Å²) in [6, 6.07) is 4.84. The van der Waals surface area contributed by atoms with Crippen LogP contribution in [0.25, 0.3) is 0 Å². The Bertz CT molecular complexity index is 573. The predicted molar refractivity (Wildman–Crippen MR) is 87.1 cm³/mol. The molecule has 1 N–H and O–H groups in total. The van der Waals surface area contributed by atoms with Crippen LogP contribution in [-0.4, -0.2) is 29.9 Å². The molecule has 6 heteroatoms. The third-order valence-electron chi connectivity index (χ3n) is 5.19. The Morgan fingerprint density at radius 1 is 1.17 bits per heavy atom. The molecular weight excluding hydrogens is 301 g/mol. The van der Waals surface area contributed by atoms with E-state index in [1.54, 1.807) is 25.1 Å². The summed E-state index contributed by atoms with van der Waals surface area (Å²) < 4.78 is 38.6. The summed E-state index contributed by atoms with van der Waals surface area (Å²) in [5.74, 6) is 0. The van der Waals surface area contributed by atoms with E-state index in [4.69, 9.17) is 9.31 Å². The number of rotatable bonds is 4. The minimum atomic E-state index is -2.86. The van der Waals surface area contributed by atoms with Gasteiger partial charge in [-0.05, 0) is 52.1 Å². The van der Waals surface area contributed by atoms with Crippen LogP contribution in [0.3, 0.4) is 0 Å². The quantitative estimate of drug-likeness (QED) is 0.864. The van der Waals surface area contributed by atoms with Gasteiger partial charge in [-0.15, -0.1) is 0 Å². The van der Waals surface area contributed by atoms with Crippen LogP contribution in [0.1, 0.15) is 52.2 Å². The highest BCUT2D eigenvalue weighted by atomic mass is 19.3. The monoisotopic (exact) mass is 326 g/mol. The number of alkyl halides is 2. The highest BCUT2D eigenvalue weighted by Gasteiger charge is 2.52. The average molecular weight is 326 g/mol. The van der Waals surface area contributed by atoms with Crippen molar-refractivity contribution in [3.8, 4) is 0 Å². The van der Waals surface area contributed by atoms with E-state index in [0.717, 1.165) is 5.56 Å². The van der Waals surface area contributed by atoms with Crippen LogP contribution in [0, 0.1) is 6.92 Å². The topological polar surface area (TPSA) is 38.7 Å². The fourth-order valence-electron chi connectivity index (χ4n) is 2.62. The second-order valence-corrected chi connectivity index (χ2v) is 7.24. The molecule has 0 saturated carbocycles. The minimum absolute atomic E-state index is 0.0729. The van der Waals surface area contributed by atoms with Gasteiger partial charge in [-0.1, -0.05) is 30.7 Å². The molecule has 1 saturated heterocycles. The van der Waals surface area contributed by atoms with Gasteiger partial charge in [0.2, 0.25) is 0 Å². The van der Waals surface area contributed by atoms with Crippen molar-refractivity contribution in [1.82, 2.24) is 0 Å². The van der Waals surface area contributed by atoms with Gasteiger partial charge in [0.25, 0.3) is 6.43 Å². The Balaban J connectivity index is 2.44. The van der Waals surface area contributed by atoms with Crippen LogP contribution in [0.4, 0.5) is 8.78 Å². The lowest BCUT2D eigenvalue weighted by molar-refractivity contribution is -0.104. The molecule has 1 aliphatic rings. The molecule has 0 aromatic heterocycles. The Kier molecular flexibility index (Phi) is 4.66. The number of benzene rings is 1. The maximum absolute atomic E-state index is 13.3. The summed E-state index contributed by atoms with van der Waals surface area (Å²) in [4.78, 5) is 0. The van der Waals surface area contributed by atoms with Gasteiger partial charge in [0.1, 0.15) is 5.60 Å². The summed E-state index contributed by atoms with van der Waals surface area (Å²) in [7, 11) is -0.640. The first-order chi connectivity index (χ1) is 10.4. The largest absolute Gasteiger partial charge is 0.495 e. The molecule has 1 fully saturated rings. The van der Waals surface area contributed by atoms with Crippen molar-refractivity contribution in [2.75, 3.05) is 0 Å². The van der Waals surface area contributed by atoms with Crippen molar-refractivity contribution in [2.24, 2.45) is 0 Å². The second kappa shape index (κ2) is 5.83. The first kappa shape index (κ1) is 18.4. The Hall–Kier alpha value is -0.975. The first-order valence-electron chi connectivity index (χ1n) is 7.92. The Morgan fingerprint density at radius 3 is 2.13 bits per heavy atom. The van der Waals surface area contributed by atoms with Crippen LogP contribution in [0.2, 0.25) is 0 Å². The van der Waals surface area contributed by atoms with E-state index in [0.29, 0.717) is 5.46 Å². The van der Waals surface area contributed by atoms with E-state index in [-0.39, 0.29) is 12.0 Å². The highest BCUT2D eigenvalue weighted by Crippen LogP contribution is 2.37. The summed E-state index contributed by atoms with van der Waals surface area (Å²) in [5, 5.41) is 10.3. The zero-order chi connectivity index (χ0) is 17.6. The second-order valence-electron chi connectivity index (χ2n) is 7.24. The van der Waals surface area contributed by atoms with E-state index in [1.807, 2.05) is 34.6 Å². The molecule has 1 aliphatic heterocycles. The van der Waals surface area contributed by atoms with Crippen LogP contribution in [0.15, 0.2) is 18.2 Å². The van der Waals surface area contributed by atoms with Crippen molar-refractivity contribution >= 4 is 12.6 Å².